The van der Waals surface area contributed by atoms with Gasteiger partial charge in [0, 0.05) is 5.69 Å². The molecule has 1 aromatic rings. The maximum atomic E-state index is 10.4. The first-order valence-corrected chi connectivity index (χ1v) is 3.71. The van der Waals surface area contributed by atoms with Crippen molar-refractivity contribution >= 4 is 5.97 Å². The predicted molar refractivity (Wildman–Crippen MR) is 45.0 cm³/mol. The van der Waals surface area contributed by atoms with Crippen LogP contribution >= 0.6 is 0 Å². The van der Waals surface area contributed by atoms with Gasteiger partial charge in [-0.2, -0.15) is 5.26 Å². The summed E-state index contributed by atoms with van der Waals surface area (Å²) in [6.45, 7) is 1.73. The third-order valence-corrected chi connectivity index (χ3v) is 1.47. The van der Waals surface area contributed by atoms with Gasteiger partial charge >= 0.3 is 5.97 Å². The van der Waals surface area contributed by atoms with Crippen molar-refractivity contribution in [3.05, 3.63) is 29.1 Å². The molecule has 1 aromatic heterocycles. The number of aromatic nitrogens is 1. The highest BCUT2D eigenvalue weighted by atomic mass is 16.4. The highest BCUT2D eigenvalue weighted by Crippen LogP contribution is 2.04. The van der Waals surface area contributed by atoms with Crippen molar-refractivity contribution in [2.75, 3.05) is 0 Å². The highest BCUT2D eigenvalue weighted by Gasteiger charge is 2.04. The molecule has 0 spiro atoms. The second kappa shape index (κ2) is 3.68. The van der Waals surface area contributed by atoms with Crippen LogP contribution in [0.15, 0.2) is 12.1 Å². The van der Waals surface area contributed by atoms with Crippen LogP contribution in [0, 0.1) is 18.3 Å². The predicted octanol–water partition coefficient (Wildman–Crippen LogP) is 0.889. The molecule has 0 saturated carbocycles. The fourth-order valence-corrected chi connectivity index (χ4v) is 1.05. The molecule has 0 fully saturated rings. The summed E-state index contributed by atoms with van der Waals surface area (Å²) in [6, 6.07) is 5.05. The Morgan fingerprint density at radius 2 is 2.38 bits per heavy atom. The van der Waals surface area contributed by atoms with Crippen molar-refractivity contribution in [2.24, 2.45) is 0 Å². The van der Waals surface area contributed by atoms with E-state index in [0.717, 1.165) is 0 Å². The Kier molecular flexibility index (Phi) is 2.60. The van der Waals surface area contributed by atoms with Crippen LogP contribution in [0.3, 0.4) is 0 Å². The molecule has 0 bridgehead atoms. The van der Waals surface area contributed by atoms with Crippen LogP contribution in [-0.4, -0.2) is 16.1 Å². The van der Waals surface area contributed by atoms with E-state index in [-0.39, 0.29) is 6.42 Å². The van der Waals surface area contributed by atoms with E-state index in [1.807, 2.05) is 6.07 Å². The molecule has 0 amide bonds. The third-order valence-electron chi connectivity index (χ3n) is 1.47. The smallest absolute Gasteiger partial charge is 0.309 e. The molecule has 0 aliphatic carbocycles. The van der Waals surface area contributed by atoms with E-state index in [9.17, 15) is 4.79 Å². The third kappa shape index (κ3) is 2.56. The molecule has 0 unspecified atom stereocenters. The highest BCUT2D eigenvalue weighted by molar-refractivity contribution is 5.69. The molecule has 66 valence electrons. The van der Waals surface area contributed by atoms with Crippen molar-refractivity contribution < 1.29 is 9.90 Å². The fourth-order valence-electron chi connectivity index (χ4n) is 1.05. The van der Waals surface area contributed by atoms with Crippen molar-refractivity contribution in [3.8, 4) is 6.07 Å². The summed E-state index contributed by atoms with van der Waals surface area (Å²) in [7, 11) is 0. The van der Waals surface area contributed by atoms with Gasteiger partial charge in [-0.3, -0.25) is 9.78 Å². The lowest BCUT2D eigenvalue weighted by molar-refractivity contribution is -0.136. The number of rotatable bonds is 2. The molecule has 0 aliphatic heterocycles. The molecule has 4 nitrogen and oxygen atoms in total. The zero-order chi connectivity index (χ0) is 9.84. The first kappa shape index (κ1) is 9.20. The zero-order valence-electron chi connectivity index (χ0n) is 7.11. The maximum absolute atomic E-state index is 10.4. The summed E-state index contributed by atoms with van der Waals surface area (Å²) in [6.07, 6.45) is -0.143. The number of carboxylic acid groups (broad SMARTS) is 1. The average Bonchev–Trinajstić information content (AvgIpc) is 2.01. The molecule has 0 saturated heterocycles. The largest absolute Gasteiger partial charge is 0.481 e. The minimum atomic E-state index is -0.943. The fraction of sp³-hybridized carbons (Fsp3) is 0.222. The van der Waals surface area contributed by atoms with Gasteiger partial charge in [-0.25, -0.2) is 0 Å². The van der Waals surface area contributed by atoms with Gasteiger partial charge in [0.05, 0.1) is 23.7 Å². The van der Waals surface area contributed by atoms with E-state index in [1.54, 1.807) is 13.0 Å². The first-order chi connectivity index (χ1) is 6.11. The molecular weight excluding hydrogens is 168 g/mol. The molecule has 1 rings (SSSR count). The van der Waals surface area contributed by atoms with Gasteiger partial charge in [0.25, 0.3) is 0 Å². The molecule has 0 atom stereocenters. The molecule has 1 N–H and O–H groups in total. The lowest BCUT2D eigenvalue weighted by Crippen LogP contribution is -2.03. The number of aliphatic carboxylic acids is 1. The maximum Gasteiger partial charge on any atom is 0.309 e. The van der Waals surface area contributed by atoms with Crippen LogP contribution in [0.4, 0.5) is 0 Å². The molecule has 1 heterocycles. The van der Waals surface area contributed by atoms with Gasteiger partial charge in [0.2, 0.25) is 0 Å². The van der Waals surface area contributed by atoms with Gasteiger partial charge < -0.3 is 5.11 Å². The van der Waals surface area contributed by atoms with Gasteiger partial charge in [0.1, 0.15) is 0 Å². The molecule has 0 aliphatic rings. The van der Waals surface area contributed by atoms with E-state index in [1.165, 1.54) is 6.07 Å². The minimum Gasteiger partial charge on any atom is -0.481 e. The topological polar surface area (TPSA) is 74.0 Å². The van der Waals surface area contributed by atoms with Crippen LogP contribution < -0.4 is 0 Å². The lowest BCUT2D eigenvalue weighted by atomic mass is 10.2. The number of pyridine rings is 1. The molecule has 13 heavy (non-hydrogen) atoms. The normalized spacial score (nSPS) is 9.23. The van der Waals surface area contributed by atoms with Crippen molar-refractivity contribution in [3.63, 3.8) is 0 Å². The molecule has 0 aromatic carbocycles. The lowest BCUT2D eigenvalue weighted by Gasteiger charge is -1.98. The number of carbonyl (C=O) groups is 1. The summed E-state index contributed by atoms with van der Waals surface area (Å²) in [5.41, 5.74) is 1.53. The summed E-state index contributed by atoms with van der Waals surface area (Å²) >= 11 is 0. The molecular formula is C9H8N2O2. The number of carboxylic acids is 1. The monoisotopic (exact) mass is 176 g/mol. The van der Waals surface area contributed by atoms with Gasteiger partial charge in [-0.15, -0.1) is 0 Å². The number of hydrogen-bond donors (Lipinski definition) is 1. The quantitative estimate of drug-likeness (QED) is 0.726. The van der Waals surface area contributed by atoms with Crippen LogP contribution in [0.2, 0.25) is 0 Å². The van der Waals surface area contributed by atoms with E-state index >= 15 is 0 Å². The van der Waals surface area contributed by atoms with Crippen molar-refractivity contribution in [2.45, 2.75) is 13.3 Å². The Morgan fingerprint density at radius 1 is 1.69 bits per heavy atom. The van der Waals surface area contributed by atoms with Crippen LogP contribution in [0.5, 0.6) is 0 Å². The SMILES string of the molecule is Cc1cc(C#N)cc(CC(=O)O)n1. The minimum absolute atomic E-state index is 0.143. The number of nitriles is 1. The van der Waals surface area contributed by atoms with E-state index in [0.29, 0.717) is 17.0 Å². The van der Waals surface area contributed by atoms with Crippen molar-refractivity contribution in [1.29, 1.82) is 5.26 Å². The van der Waals surface area contributed by atoms with Crippen LogP contribution in [-0.2, 0) is 11.2 Å². The Morgan fingerprint density at radius 3 is 2.92 bits per heavy atom. The number of nitrogens with zero attached hydrogens (tertiary/aromatic N) is 2. The van der Waals surface area contributed by atoms with E-state index in [4.69, 9.17) is 10.4 Å². The Bertz CT molecular complexity index is 380. The zero-order valence-corrected chi connectivity index (χ0v) is 7.11. The van der Waals surface area contributed by atoms with Crippen LogP contribution in [0.25, 0.3) is 0 Å². The second-order valence-electron chi connectivity index (χ2n) is 2.67. The van der Waals surface area contributed by atoms with Gasteiger partial charge in [-0.1, -0.05) is 0 Å². The van der Waals surface area contributed by atoms with Crippen molar-refractivity contribution in [1.82, 2.24) is 4.98 Å². The molecule has 0 radical (unpaired) electrons. The number of hydrogen-bond acceptors (Lipinski definition) is 3. The Labute approximate surface area is 75.5 Å². The van der Waals surface area contributed by atoms with Gasteiger partial charge in [0.15, 0.2) is 0 Å². The Hall–Kier alpha value is -1.89. The van der Waals surface area contributed by atoms with Gasteiger partial charge in [-0.05, 0) is 19.1 Å². The number of aryl methyl sites for hydroxylation is 1. The second-order valence-corrected chi connectivity index (χ2v) is 2.67. The Balaban J connectivity index is 3.03. The summed E-state index contributed by atoms with van der Waals surface area (Å²) in [5, 5.41) is 17.1. The first-order valence-electron chi connectivity index (χ1n) is 3.71. The van der Waals surface area contributed by atoms with Crippen LogP contribution in [0.1, 0.15) is 17.0 Å². The molecule has 4 heteroatoms. The summed E-state index contributed by atoms with van der Waals surface area (Å²) in [4.78, 5) is 14.3. The van der Waals surface area contributed by atoms with E-state index in [2.05, 4.69) is 4.98 Å². The summed E-state index contributed by atoms with van der Waals surface area (Å²) < 4.78 is 0. The average molecular weight is 176 g/mol. The van der Waals surface area contributed by atoms with E-state index < -0.39 is 5.97 Å². The standard InChI is InChI=1S/C9H8N2O2/c1-6-2-7(5-10)3-8(11-6)4-9(12)13/h2-3H,4H2,1H3,(H,12,13). The summed E-state index contributed by atoms with van der Waals surface area (Å²) in [5.74, 6) is -0.943.